The van der Waals surface area contributed by atoms with Crippen molar-refractivity contribution in [2.24, 2.45) is 11.1 Å². The second kappa shape index (κ2) is 3.41. The fourth-order valence-corrected chi connectivity index (χ4v) is 1.23. The van der Waals surface area contributed by atoms with Crippen molar-refractivity contribution in [2.45, 2.75) is 6.92 Å². The third kappa shape index (κ3) is 1.32. The highest BCUT2D eigenvalue weighted by atomic mass is 16.5. The van der Waals surface area contributed by atoms with Gasteiger partial charge in [-0.25, -0.2) is 0 Å². The van der Waals surface area contributed by atoms with Crippen LogP contribution in [-0.2, 0) is 9.53 Å². The summed E-state index contributed by atoms with van der Waals surface area (Å²) in [6.45, 7) is 4.01. The van der Waals surface area contributed by atoms with E-state index in [9.17, 15) is 4.79 Å². The lowest BCUT2D eigenvalue weighted by Gasteiger charge is -2.41. The molecule has 0 aromatic rings. The topological polar surface area (TPSA) is 55.6 Å². The van der Waals surface area contributed by atoms with Gasteiger partial charge < -0.3 is 15.4 Å². The third-order valence-corrected chi connectivity index (χ3v) is 2.42. The van der Waals surface area contributed by atoms with E-state index in [0.29, 0.717) is 19.8 Å². The van der Waals surface area contributed by atoms with Crippen LogP contribution < -0.4 is 5.73 Å². The highest BCUT2D eigenvalue weighted by molar-refractivity contribution is 5.83. The van der Waals surface area contributed by atoms with E-state index in [4.69, 9.17) is 10.5 Å². The SMILES string of the molecule is CCN(C)C(=O)C1(CN)COC1. The molecule has 70 valence electrons. The Bertz CT molecular complexity index is 172. The lowest BCUT2D eigenvalue weighted by Crippen LogP contribution is -2.58. The zero-order chi connectivity index (χ0) is 9.19. The van der Waals surface area contributed by atoms with Gasteiger partial charge in [0, 0.05) is 20.1 Å². The molecule has 4 heteroatoms. The van der Waals surface area contributed by atoms with Gasteiger partial charge >= 0.3 is 0 Å². The maximum absolute atomic E-state index is 11.7. The van der Waals surface area contributed by atoms with E-state index in [2.05, 4.69) is 0 Å². The first-order valence-corrected chi connectivity index (χ1v) is 4.19. The average molecular weight is 172 g/mol. The van der Waals surface area contributed by atoms with Crippen molar-refractivity contribution in [2.75, 3.05) is 33.4 Å². The van der Waals surface area contributed by atoms with Gasteiger partial charge in [0.25, 0.3) is 0 Å². The molecule has 12 heavy (non-hydrogen) atoms. The second-order valence-electron chi connectivity index (χ2n) is 3.30. The lowest BCUT2D eigenvalue weighted by atomic mass is 9.84. The number of ether oxygens (including phenoxy) is 1. The number of hydrogen-bond acceptors (Lipinski definition) is 3. The van der Waals surface area contributed by atoms with E-state index in [1.165, 1.54) is 0 Å². The number of carbonyl (C=O) groups is 1. The fourth-order valence-electron chi connectivity index (χ4n) is 1.23. The van der Waals surface area contributed by atoms with Crippen molar-refractivity contribution < 1.29 is 9.53 Å². The maximum atomic E-state index is 11.7. The summed E-state index contributed by atoms with van der Waals surface area (Å²) in [5.41, 5.74) is 5.12. The normalized spacial score (nSPS) is 19.9. The highest BCUT2D eigenvalue weighted by Crippen LogP contribution is 2.27. The van der Waals surface area contributed by atoms with Crippen LogP contribution in [-0.4, -0.2) is 44.2 Å². The van der Waals surface area contributed by atoms with Gasteiger partial charge in [0.2, 0.25) is 5.91 Å². The van der Waals surface area contributed by atoms with E-state index >= 15 is 0 Å². The molecule has 1 fully saturated rings. The predicted octanol–water partition coefficient (Wildman–Crippen LogP) is -0.560. The predicted molar refractivity (Wildman–Crippen MR) is 45.6 cm³/mol. The zero-order valence-electron chi connectivity index (χ0n) is 7.67. The van der Waals surface area contributed by atoms with Gasteiger partial charge in [-0.3, -0.25) is 4.79 Å². The molecule has 0 aromatic carbocycles. The van der Waals surface area contributed by atoms with Crippen molar-refractivity contribution >= 4 is 5.91 Å². The molecular weight excluding hydrogens is 156 g/mol. The molecule has 0 atom stereocenters. The highest BCUT2D eigenvalue weighted by Gasteiger charge is 2.45. The quantitative estimate of drug-likeness (QED) is 0.621. The molecule has 0 radical (unpaired) electrons. The molecule has 1 rings (SSSR count). The van der Waals surface area contributed by atoms with E-state index < -0.39 is 5.41 Å². The Morgan fingerprint density at radius 2 is 2.25 bits per heavy atom. The van der Waals surface area contributed by atoms with Crippen molar-refractivity contribution in [1.29, 1.82) is 0 Å². The molecular formula is C8H16N2O2. The van der Waals surface area contributed by atoms with Gasteiger partial charge in [-0.15, -0.1) is 0 Å². The summed E-state index contributed by atoms with van der Waals surface area (Å²) in [6.07, 6.45) is 0. The van der Waals surface area contributed by atoms with Crippen molar-refractivity contribution in [3.8, 4) is 0 Å². The summed E-state index contributed by atoms with van der Waals surface area (Å²) >= 11 is 0. The third-order valence-electron chi connectivity index (χ3n) is 2.42. The Morgan fingerprint density at radius 3 is 2.50 bits per heavy atom. The molecule has 0 spiro atoms. The van der Waals surface area contributed by atoms with Crippen LogP contribution in [0.4, 0.5) is 0 Å². The maximum Gasteiger partial charge on any atom is 0.234 e. The van der Waals surface area contributed by atoms with Gasteiger partial charge in [-0.1, -0.05) is 0 Å². The van der Waals surface area contributed by atoms with Crippen molar-refractivity contribution in [3.63, 3.8) is 0 Å². The summed E-state index contributed by atoms with van der Waals surface area (Å²) in [4.78, 5) is 13.4. The Morgan fingerprint density at radius 1 is 1.67 bits per heavy atom. The van der Waals surface area contributed by atoms with Gasteiger partial charge in [-0.05, 0) is 6.92 Å². The Labute approximate surface area is 72.7 Å². The van der Waals surface area contributed by atoms with E-state index in [0.717, 1.165) is 6.54 Å². The van der Waals surface area contributed by atoms with Crippen LogP contribution in [0.2, 0.25) is 0 Å². The molecule has 1 heterocycles. The molecule has 0 aliphatic carbocycles. The van der Waals surface area contributed by atoms with Crippen LogP contribution >= 0.6 is 0 Å². The van der Waals surface area contributed by atoms with Crippen LogP contribution in [0.15, 0.2) is 0 Å². The van der Waals surface area contributed by atoms with Crippen LogP contribution in [0, 0.1) is 5.41 Å². The molecule has 1 amide bonds. The smallest absolute Gasteiger partial charge is 0.234 e. The van der Waals surface area contributed by atoms with E-state index in [-0.39, 0.29) is 5.91 Å². The lowest BCUT2D eigenvalue weighted by molar-refractivity contribution is -0.168. The monoisotopic (exact) mass is 172 g/mol. The fraction of sp³-hybridized carbons (Fsp3) is 0.875. The first-order valence-electron chi connectivity index (χ1n) is 4.19. The summed E-state index contributed by atoms with van der Waals surface area (Å²) < 4.78 is 5.02. The molecule has 1 saturated heterocycles. The number of rotatable bonds is 3. The number of nitrogens with zero attached hydrogens (tertiary/aromatic N) is 1. The number of nitrogens with two attached hydrogens (primary N) is 1. The molecule has 0 unspecified atom stereocenters. The second-order valence-corrected chi connectivity index (χ2v) is 3.30. The number of hydrogen-bond donors (Lipinski definition) is 1. The first kappa shape index (κ1) is 9.48. The van der Waals surface area contributed by atoms with Crippen molar-refractivity contribution in [1.82, 2.24) is 4.90 Å². The summed E-state index contributed by atoms with van der Waals surface area (Å²) in [5.74, 6) is 0.110. The van der Waals surface area contributed by atoms with Gasteiger partial charge in [0.1, 0.15) is 5.41 Å². The first-order chi connectivity index (χ1) is 5.66. The van der Waals surface area contributed by atoms with Crippen molar-refractivity contribution in [3.05, 3.63) is 0 Å². The van der Waals surface area contributed by atoms with Crippen LogP contribution in [0.25, 0.3) is 0 Å². The van der Waals surface area contributed by atoms with Crippen LogP contribution in [0.1, 0.15) is 6.92 Å². The average Bonchev–Trinajstić information content (AvgIpc) is 2.02. The standard InChI is InChI=1S/C8H16N2O2/c1-3-10(2)7(11)8(4-9)5-12-6-8/h3-6,9H2,1-2H3. The minimum absolute atomic E-state index is 0.110. The Kier molecular flexibility index (Phi) is 2.69. The molecule has 0 aromatic heterocycles. The molecule has 1 aliphatic heterocycles. The number of carbonyl (C=O) groups excluding carboxylic acids is 1. The largest absolute Gasteiger partial charge is 0.379 e. The molecule has 0 saturated carbocycles. The van der Waals surface area contributed by atoms with Gasteiger partial charge in [-0.2, -0.15) is 0 Å². The van der Waals surface area contributed by atoms with E-state index in [1.54, 1.807) is 11.9 Å². The molecule has 4 nitrogen and oxygen atoms in total. The molecule has 0 bridgehead atoms. The van der Waals surface area contributed by atoms with Crippen LogP contribution in [0.3, 0.4) is 0 Å². The van der Waals surface area contributed by atoms with Gasteiger partial charge in [0.15, 0.2) is 0 Å². The molecule has 1 aliphatic rings. The summed E-state index contributed by atoms with van der Waals surface area (Å²) in [6, 6.07) is 0. The minimum Gasteiger partial charge on any atom is -0.379 e. The Balaban J connectivity index is 2.60. The minimum atomic E-state index is -0.412. The van der Waals surface area contributed by atoms with Crippen LogP contribution in [0.5, 0.6) is 0 Å². The summed E-state index contributed by atoms with van der Waals surface area (Å²) in [7, 11) is 1.79. The summed E-state index contributed by atoms with van der Waals surface area (Å²) in [5, 5.41) is 0. The van der Waals surface area contributed by atoms with E-state index in [1.807, 2.05) is 6.92 Å². The zero-order valence-corrected chi connectivity index (χ0v) is 7.67. The number of amides is 1. The van der Waals surface area contributed by atoms with Gasteiger partial charge in [0.05, 0.1) is 13.2 Å². The molecule has 2 N–H and O–H groups in total. The Hall–Kier alpha value is -0.610.